The molecular formula is C12H18O2S. The molecule has 2 nitrogen and oxygen atoms in total. The van der Waals surface area contributed by atoms with Gasteiger partial charge in [0.1, 0.15) is 5.75 Å². The fourth-order valence-electron chi connectivity index (χ4n) is 1.37. The molecule has 0 heterocycles. The Morgan fingerprint density at radius 2 is 1.87 bits per heavy atom. The molecular weight excluding hydrogens is 208 g/mol. The molecule has 1 rings (SSSR count). The summed E-state index contributed by atoms with van der Waals surface area (Å²) in [6.07, 6.45) is 5.35. The van der Waals surface area contributed by atoms with Crippen LogP contribution in [-0.4, -0.2) is 20.0 Å². The third-order valence-electron chi connectivity index (χ3n) is 2.22. The van der Waals surface area contributed by atoms with Crippen molar-refractivity contribution in [3.63, 3.8) is 0 Å². The Balaban J connectivity index is 2.20. The molecule has 0 saturated heterocycles. The average molecular weight is 226 g/mol. The number of unbranched alkanes of at least 4 members (excludes halogenated alkanes) is 1. The van der Waals surface area contributed by atoms with Crippen LogP contribution in [0, 0.1) is 0 Å². The zero-order chi connectivity index (χ0) is 10.9. The van der Waals surface area contributed by atoms with E-state index in [1.54, 1.807) is 7.11 Å². The molecule has 84 valence electrons. The third kappa shape index (κ3) is 5.09. The molecule has 0 aliphatic heterocycles. The van der Waals surface area contributed by atoms with Crippen molar-refractivity contribution < 1.29 is 8.92 Å². The van der Waals surface area contributed by atoms with E-state index in [1.165, 1.54) is 24.0 Å². The van der Waals surface area contributed by atoms with Gasteiger partial charge in [0.15, 0.2) is 0 Å². The molecule has 1 aromatic rings. The quantitative estimate of drug-likeness (QED) is 0.525. The summed E-state index contributed by atoms with van der Waals surface area (Å²) in [5.74, 6) is 0.921. The number of methoxy groups -OCH3 is 1. The molecule has 0 N–H and O–H groups in total. The fourth-order valence-corrected chi connectivity index (χ4v) is 1.65. The predicted molar refractivity (Wildman–Crippen MR) is 65.4 cm³/mol. The number of hydrogen-bond donors (Lipinski definition) is 0. The summed E-state index contributed by atoms with van der Waals surface area (Å²) in [6.45, 7) is 0.845. The van der Waals surface area contributed by atoms with Crippen molar-refractivity contribution in [1.29, 1.82) is 0 Å². The van der Waals surface area contributed by atoms with Gasteiger partial charge in [-0.1, -0.05) is 12.1 Å². The molecule has 15 heavy (non-hydrogen) atoms. The van der Waals surface area contributed by atoms with Gasteiger partial charge in [0.25, 0.3) is 0 Å². The van der Waals surface area contributed by atoms with E-state index < -0.39 is 0 Å². The van der Waals surface area contributed by atoms with Crippen LogP contribution in [0.5, 0.6) is 5.75 Å². The number of ether oxygens (including phenoxy) is 1. The second kappa shape index (κ2) is 7.60. The normalized spacial score (nSPS) is 10.3. The summed E-state index contributed by atoms with van der Waals surface area (Å²) in [6, 6.07) is 8.25. The molecule has 0 fully saturated rings. The first-order valence-electron chi connectivity index (χ1n) is 5.15. The van der Waals surface area contributed by atoms with Crippen LogP contribution in [0.25, 0.3) is 0 Å². The summed E-state index contributed by atoms with van der Waals surface area (Å²) >= 11 is 1.44. The van der Waals surface area contributed by atoms with Crippen LogP contribution >= 0.6 is 12.0 Å². The molecule has 0 bridgehead atoms. The summed E-state index contributed by atoms with van der Waals surface area (Å²) in [5.41, 5.74) is 1.36. The van der Waals surface area contributed by atoms with Gasteiger partial charge >= 0.3 is 0 Å². The van der Waals surface area contributed by atoms with Crippen LogP contribution in [0.2, 0.25) is 0 Å². The van der Waals surface area contributed by atoms with Gasteiger partial charge in [-0.2, -0.15) is 0 Å². The van der Waals surface area contributed by atoms with Crippen LogP contribution in [-0.2, 0) is 10.6 Å². The van der Waals surface area contributed by atoms with Crippen LogP contribution in [0.15, 0.2) is 24.3 Å². The standard InChI is InChI=1S/C12H18O2S/c1-13-12-8-6-11(7-9-12)5-3-4-10-14-15-2/h6-9H,3-5,10H2,1-2H3. The predicted octanol–water partition coefficient (Wildman–Crippen LogP) is 3.31. The van der Waals surface area contributed by atoms with Gasteiger partial charge in [0.05, 0.1) is 13.7 Å². The third-order valence-corrected chi connectivity index (χ3v) is 2.62. The highest BCUT2D eigenvalue weighted by Crippen LogP contribution is 2.13. The second-order valence-electron chi connectivity index (χ2n) is 3.29. The van der Waals surface area contributed by atoms with E-state index in [0.29, 0.717) is 0 Å². The van der Waals surface area contributed by atoms with Crippen molar-refractivity contribution in [2.24, 2.45) is 0 Å². The topological polar surface area (TPSA) is 18.5 Å². The number of rotatable bonds is 7. The zero-order valence-electron chi connectivity index (χ0n) is 9.36. The van der Waals surface area contributed by atoms with Gasteiger partial charge < -0.3 is 8.92 Å². The highest BCUT2D eigenvalue weighted by atomic mass is 32.2. The van der Waals surface area contributed by atoms with Crippen molar-refractivity contribution in [3.05, 3.63) is 29.8 Å². The van der Waals surface area contributed by atoms with Gasteiger partial charge in [-0.15, -0.1) is 0 Å². The SMILES string of the molecule is COc1ccc(CCCCOSC)cc1. The molecule has 0 amide bonds. The van der Waals surface area contributed by atoms with Gasteiger partial charge in [-0.3, -0.25) is 0 Å². The van der Waals surface area contributed by atoms with E-state index >= 15 is 0 Å². The molecule has 3 heteroatoms. The summed E-state index contributed by atoms with van der Waals surface area (Å²) in [7, 11) is 1.69. The lowest BCUT2D eigenvalue weighted by atomic mass is 10.1. The molecule has 0 saturated carbocycles. The lowest BCUT2D eigenvalue weighted by molar-refractivity contribution is 0.361. The van der Waals surface area contributed by atoms with Gasteiger partial charge in [-0.05, 0) is 49.0 Å². The van der Waals surface area contributed by atoms with Crippen molar-refractivity contribution in [2.75, 3.05) is 20.0 Å². The van der Waals surface area contributed by atoms with Crippen molar-refractivity contribution in [2.45, 2.75) is 19.3 Å². The summed E-state index contributed by atoms with van der Waals surface area (Å²) in [4.78, 5) is 0. The van der Waals surface area contributed by atoms with E-state index in [9.17, 15) is 0 Å². The highest BCUT2D eigenvalue weighted by molar-refractivity contribution is 7.93. The smallest absolute Gasteiger partial charge is 0.118 e. The first-order valence-corrected chi connectivity index (χ1v) is 6.30. The maximum absolute atomic E-state index is 5.20. The molecule has 0 aromatic heterocycles. The van der Waals surface area contributed by atoms with Crippen LogP contribution in [0.4, 0.5) is 0 Å². The van der Waals surface area contributed by atoms with Crippen molar-refractivity contribution in [1.82, 2.24) is 0 Å². The lowest BCUT2D eigenvalue weighted by Crippen LogP contribution is -1.90. The first-order chi connectivity index (χ1) is 7.36. The van der Waals surface area contributed by atoms with Crippen LogP contribution < -0.4 is 4.74 Å². The Bertz CT molecular complexity index is 259. The van der Waals surface area contributed by atoms with Crippen molar-refractivity contribution >= 4 is 12.0 Å². The number of hydrogen-bond acceptors (Lipinski definition) is 3. The minimum absolute atomic E-state index is 0.845. The molecule has 0 aliphatic carbocycles. The minimum Gasteiger partial charge on any atom is -0.497 e. The van der Waals surface area contributed by atoms with Crippen LogP contribution in [0.1, 0.15) is 18.4 Å². The van der Waals surface area contributed by atoms with E-state index in [2.05, 4.69) is 12.1 Å². The molecule has 0 atom stereocenters. The molecule has 0 aliphatic rings. The minimum atomic E-state index is 0.845. The number of benzene rings is 1. The largest absolute Gasteiger partial charge is 0.497 e. The van der Waals surface area contributed by atoms with Gasteiger partial charge in [0, 0.05) is 6.26 Å². The Labute approximate surface area is 96.2 Å². The summed E-state index contributed by atoms with van der Waals surface area (Å²) < 4.78 is 10.3. The van der Waals surface area contributed by atoms with Crippen LogP contribution in [0.3, 0.4) is 0 Å². The second-order valence-corrected chi connectivity index (χ2v) is 3.86. The van der Waals surface area contributed by atoms with Gasteiger partial charge in [0.2, 0.25) is 0 Å². The Morgan fingerprint density at radius 1 is 1.13 bits per heavy atom. The molecule has 0 unspecified atom stereocenters. The lowest BCUT2D eigenvalue weighted by Gasteiger charge is -2.03. The fraction of sp³-hybridized carbons (Fsp3) is 0.500. The summed E-state index contributed by atoms with van der Waals surface area (Å²) in [5, 5.41) is 0. The Kier molecular flexibility index (Phi) is 6.28. The monoisotopic (exact) mass is 226 g/mol. The average Bonchev–Trinajstić information content (AvgIpc) is 2.30. The van der Waals surface area contributed by atoms with E-state index in [1.807, 2.05) is 18.4 Å². The highest BCUT2D eigenvalue weighted by Gasteiger charge is 1.95. The Morgan fingerprint density at radius 3 is 2.47 bits per heavy atom. The number of aryl methyl sites for hydroxylation is 1. The van der Waals surface area contributed by atoms with E-state index in [4.69, 9.17) is 8.92 Å². The molecule has 0 spiro atoms. The van der Waals surface area contributed by atoms with E-state index in [-0.39, 0.29) is 0 Å². The molecule has 1 aromatic carbocycles. The van der Waals surface area contributed by atoms with E-state index in [0.717, 1.165) is 25.2 Å². The maximum atomic E-state index is 5.20. The first kappa shape index (κ1) is 12.4. The van der Waals surface area contributed by atoms with Gasteiger partial charge in [-0.25, -0.2) is 0 Å². The maximum Gasteiger partial charge on any atom is 0.118 e. The van der Waals surface area contributed by atoms with Crippen molar-refractivity contribution in [3.8, 4) is 5.75 Å². The Hall–Kier alpha value is -0.670. The molecule has 0 radical (unpaired) electrons. The zero-order valence-corrected chi connectivity index (χ0v) is 10.2.